The zero-order valence-corrected chi connectivity index (χ0v) is 18.0. The van der Waals surface area contributed by atoms with Gasteiger partial charge in [0.1, 0.15) is 23.5 Å². The van der Waals surface area contributed by atoms with Crippen molar-refractivity contribution in [2.75, 3.05) is 11.4 Å². The average Bonchev–Trinajstić information content (AvgIpc) is 3.32. The van der Waals surface area contributed by atoms with Crippen molar-refractivity contribution in [1.82, 2.24) is 4.98 Å². The molecule has 0 aliphatic carbocycles. The first kappa shape index (κ1) is 21.3. The Bertz CT molecular complexity index is 1320. The van der Waals surface area contributed by atoms with Crippen molar-refractivity contribution < 1.29 is 22.4 Å². The Kier molecular flexibility index (Phi) is 6.04. The Morgan fingerprint density at radius 3 is 2.28 bits per heavy atom. The Labute approximate surface area is 186 Å². The van der Waals surface area contributed by atoms with Crippen LogP contribution in [0.5, 0.6) is 0 Å². The molecule has 1 aromatic heterocycles. The summed E-state index contributed by atoms with van der Waals surface area (Å²) in [6.07, 6.45) is 1.40. The van der Waals surface area contributed by atoms with E-state index in [1.54, 1.807) is 42.5 Å². The molecule has 0 radical (unpaired) electrons. The van der Waals surface area contributed by atoms with Crippen molar-refractivity contribution in [1.29, 1.82) is 0 Å². The first-order valence-electron chi connectivity index (χ1n) is 9.77. The number of para-hydroxylation sites is 1. The summed E-state index contributed by atoms with van der Waals surface area (Å²) in [6, 6.07) is 23.9. The van der Waals surface area contributed by atoms with Crippen LogP contribution < -0.4 is 4.31 Å². The van der Waals surface area contributed by atoms with E-state index >= 15 is 0 Å². The van der Waals surface area contributed by atoms with Crippen LogP contribution in [0.2, 0.25) is 0 Å². The zero-order chi connectivity index (χ0) is 22.6. The molecule has 7 nitrogen and oxygen atoms in total. The second-order valence-electron chi connectivity index (χ2n) is 6.89. The molecule has 0 N–H and O–H groups in total. The van der Waals surface area contributed by atoms with E-state index in [4.69, 9.17) is 9.15 Å². The zero-order valence-electron chi connectivity index (χ0n) is 17.2. The normalized spacial score (nSPS) is 11.2. The van der Waals surface area contributed by atoms with Crippen molar-refractivity contribution in [3.63, 3.8) is 0 Å². The standard InChI is InChI=1S/C24H20N2O5S/c1-26(20-12-6-3-7-13-20)32(28,29)22-15-9-8-14-21(22)24(27)31-17-19-16-30-23(25-19)18-10-4-2-5-11-18/h2-16H,17H2,1H3. The molecule has 0 spiro atoms. The summed E-state index contributed by atoms with van der Waals surface area (Å²) in [7, 11) is -2.55. The van der Waals surface area contributed by atoms with E-state index in [1.807, 2.05) is 30.3 Å². The number of rotatable bonds is 7. The number of carbonyl (C=O) groups excluding carboxylic acids is 1. The van der Waals surface area contributed by atoms with Crippen LogP contribution in [0.4, 0.5) is 5.69 Å². The van der Waals surface area contributed by atoms with Crippen LogP contribution in [0.3, 0.4) is 0 Å². The van der Waals surface area contributed by atoms with E-state index in [0.717, 1.165) is 9.87 Å². The Morgan fingerprint density at radius 1 is 0.938 bits per heavy atom. The summed E-state index contributed by atoms with van der Waals surface area (Å²) in [6.45, 7) is -0.155. The molecule has 0 saturated carbocycles. The maximum Gasteiger partial charge on any atom is 0.339 e. The molecule has 0 saturated heterocycles. The molecule has 4 aromatic rings. The number of oxazole rings is 1. The summed E-state index contributed by atoms with van der Waals surface area (Å²) in [5.74, 6) is -0.362. The minimum atomic E-state index is -3.98. The molecule has 0 amide bonds. The highest BCUT2D eigenvalue weighted by atomic mass is 32.2. The highest BCUT2D eigenvalue weighted by Gasteiger charge is 2.27. The number of esters is 1. The van der Waals surface area contributed by atoms with Crippen LogP contribution >= 0.6 is 0 Å². The fourth-order valence-electron chi connectivity index (χ4n) is 3.09. The van der Waals surface area contributed by atoms with Gasteiger partial charge in [-0.3, -0.25) is 4.31 Å². The summed E-state index contributed by atoms with van der Waals surface area (Å²) in [5.41, 5.74) is 1.64. The van der Waals surface area contributed by atoms with Gasteiger partial charge in [0, 0.05) is 12.6 Å². The van der Waals surface area contributed by atoms with E-state index in [1.165, 1.54) is 25.4 Å². The van der Waals surface area contributed by atoms with Gasteiger partial charge >= 0.3 is 5.97 Å². The topological polar surface area (TPSA) is 89.7 Å². The number of benzene rings is 3. The molecule has 0 aliphatic heterocycles. The van der Waals surface area contributed by atoms with E-state index in [9.17, 15) is 13.2 Å². The van der Waals surface area contributed by atoms with Gasteiger partial charge in [-0.05, 0) is 36.4 Å². The van der Waals surface area contributed by atoms with Crippen molar-refractivity contribution in [3.8, 4) is 11.5 Å². The van der Waals surface area contributed by atoms with Crippen LogP contribution in [-0.4, -0.2) is 26.4 Å². The maximum atomic E-state index is 13.2. The molecule has 162 valence electrons. The predicted molar refractivity (Wildman–Crippen MR) is 120 cm³/mol. The molecule has 4 rings (SSSR count). The molecule has 32 heavy (non-hydrogen) atoms. The van der Waals surface area contributed by atoms with Gasteiger partial charge in [0.05, 0.1) is 11.3 Å². The van der Waals surface area contributed by atoms with Crippen LogP contribution in [0.15, 0.2) is 101 Å². The van der Waals surface area contributed by atoms with Crippen molar-refractivity contribution in [3.05, 3.63) is 102 Å². The predicted octanol–water partition coefficient (Wildman–Crippen LogP) is 4.52. The van der Waals surface area contributed by atoms with Crippen LogP contribution in [-0.2, 0) is 21.4 Å². The van der Waals surface area contributed by atoms with Gasteiger partial charge in [0.2, 0.25) is 5.89 Å². The minimum absolute atomic E-state index is 0.0536. The van der Waals surface area contributed by atoms with Crippen LogP contribution in [0.25, 0.3) is 11.5 Å². The third kappa shape index (κ3) is 4.40. The number of anilines is 1. The maximum absolute atomic E-state index is 13.2. The molecule has 0 unspecified atom stereocenters. The number of aromatic nitrogens is 1. The minimum Gasteiger partial charge on any atom is -0.455 e. The quantitative estimate of drug-likeness (QED) is 0.386. The Hall–Kier alpha value is -3.91. The van der Waals surface area contributed by atoms with Gasteiger partial charge in [-0.1, -0.05) is 48.5 Å². The number of hydrogen-bond acceptors (Lipinski definition) is 6. The average molecular weight is 449 g/mol. The first-order chi connectivity index (χ1) is 15.5. The second kappa shape index (κ2) is 9.07. The number of hydrogen-bond donors (Lipinski definition) is 0. The van der Waals surface area contributed by atoms with Gasteiger partial charge in [-0.2, -0.15) is 0 Å². The summed E-state index contributed by atoms with van der Waals surface area (Å²) in [4.78, 5) is 16.9. The highest BCUT2D eigenvalue weighted by molar-refractivity contribution is 7.92. The molecular formula is C24H20N2O5S. The molecule has 8 heteroatoms. The van der Waals surface area contributed by atoms with Crippen molar-refractivity contribution in [2.24, 2.45) is 0 Å². The van der Waals surface area contributed by atoms with E-state index in [2.05, 4.69) is 4.98 Å². The molecule has 0 bridgehead atoms. The second-order valence-corrected chi connectivity index (χ2v) is 8.83. The third-order valence-corrected chi connectivity index (χ3v) is 6.63. The largest absolute Gasteiger partial charge is 0.455 e. The number of nitrogens with zero attached hydrogens (tertiary/aromatic N) is 2. The lowest BCUT2D eigenvalue weighted by atomic mass is 10.2. The van der Waals surface area contributed by atoms with Gasteiger partial charge in [0.25, 0.3) is 10.0 Å². The highest BCUT2D eigenvalue weighted by Crippen LogP contribution is 2.25. The fourth-order valence-corrected chi connectivity index (χ4v) is 4.46. The molecule has 1 heterocycles. The lowest BCUT2D eigenvalue weighted by Crippen LogP contribution is -2.28. The van der Waals surface area contributed by atoms with Gasteiger partial charge in [-0.25, -0.2) is 18.2 Å². The summed E-state index contributed by atoms with van der Waals surface area (Å²) < 4.78 is 38.3. The van der Waals surface area contributed by atoms with Gasteiger partial charge in [-0.15, -0.1) is 0 Å². The Balaban J connectivity index is 1.53. The smallest absolute Gasteiger partial charge is 0.339 e. The molecule has 0 fully saturated rings. The molecule has 3 aromatic carbocycles. The number of carbonyl (C=O) groups is 1. The molecule has 0 atom stereocenters. The van der Waals surface area contributed by atoms with E-state index in [-0.39, 0.29) is 17.1 Å². The lowest BCUT2D eigenvalue weighted by Gasteiger charge is -2.20. The van der Waals surface area contributed by atoms with Crippen LogP contribution in [0.1, 0.15) is 16.1 Å². The monoisotopic (exact) mass is 448 g/mol. The van der Waals surface area contributed by atoms with E-state index in [0.29, 0.717) is 17.3 Å². The fraction of sp³-hybridized carbons (Fsp3) is 0.0833. The number of ether oxygens (including phenoxy) is 1. The third-order valence-electron chi connectivity index (χ3n) is 4.79. The van der Waals surface area contributed by atoms with Crippen molar-refractivity contribution in [2.45, 2.75) is 11.5 Å². The lowest BCUT2D eigenvalue weighted by molar-refractivity contribution is 0.0463. The molecule has 0 aliphatic rings. The van der Waals surface area contributed by atoms with Crippen molar-refractivity contribution >= 4 is 21.7 Å². The summed E-state index contributed by atoms with van der Waals surface area (Å²) >= 11 is 0. The number of sulfonamides is 1. The molecular weight excluding hydrogens is 428 g/mol. The van der Waals surface area contributed by atoms with Gasteiger partial charge in [0.15, 0.2) is 0 Å². The van der Waals surface area contributed by atoms with Gasteiger partial charge < -0.3 is 9.15 Å². The summed E-state index contributed by atoms with van der Waals surface area (Å²) in [5, 5.41) is 0. The SMILES string of the molecule is CN(c1ccccc1)S(=O)(=O)c1ccccc1C(=O)OCc1coc(-c2ccccc2)n1. The van der Waals surface area contributed by atoms with E-state index < -0.39 is 16.0 Å². The Morgan fingerprint density at radius 2 is 1.56 bits per heavy atom. The van der Waals surface area contributed by atoms with Crippen LogP contribution in [0, 0.1) is 0 Å². The first-order valence-corrected chi connectivity index (χ1v) is 11.2.